The molecule has 0 spiro atoms. The second-order valence-corrected chi connectivity index (χ2v) is 6.77. The van der Waals surface area contributed by atoms with Crippen LogP contribution in [0.3, 0.4) is 0 Å². The molecule has 0 aliphatic rings. The molecule has 1 atom stereocenters. The molecule has 0 bridgehead atoms. The summed E-state index contributed by atoms with van der Waals surface area (Å²) in [6.07, 6.45) is 0.992. The molecule has 1 heterocycles. The van der Waals surface area contributed by atoms with E-state index in [0.717, 1.165) is 18.3 Å². The van der Waals surface area contributed by atoms with Gasteiger partial charge in [-0.15, -0.1) is 0 Å². The minimum atomic E-state index is -4.18. The number of nitrogens with zero attached hydrogens (tertiary/aromatic N) is 5. The lowest BCUT2D eigenvalue weighted by molar-refractivity contribution is -0.194. The van der Waals surface area contributed by atoms with E-state index in [9.17, 15) is 13.9 Å². The predicted octanol–water partition coefficient (Wildman–Crippen LogP) is 4.60. The molecule has 3 aromatic rings. The fourth-order valence-electron chi connectivity index (χ4n) is 2.95. The largest absolute Gasteiger partial charge is 0.456 e. The van der Waals surface area contributed by atoms with Crippen LogP contribution in [0.1, 0.15) is 16.8 Å². The average molecular weight is 458 g/mol. The number of aliphatic hydroxyl groups is 1. The first-order valence-electron chi connectivity index (χ1n) is 9.37. The van der Waals surface area contributed by atoms with Crippen LogP contribution in [0.5, 0.6) is 11.5 Å². The van der Waals surface area contributed by atoms with Crippen molar-refractivity contribution < 1.29 is 27.4 Å². The lowest BCUT2D eigenvalue weighted by Crippen LogP contribution is -2.47. The Morgan fingerprint density at radius 2 is 1.79 bits per heavy atom. The summed E-state index contributed by atoms with van der Waals surface area (Å²) in [4.78, 5) is 6.88. The van der Waals surface area contributed by atoms with Crippen LogP contribution in [-0.4, -0.2) is 23.7 Å². The van der Waals surface area contributed by atoms with Crippen molar-refractivity contribution in [3.05, 3.63) is 89.2 Å². The Morgan fingerprint density at radius 1 is 1.09 bits per heavy atom. The van der Waals surface area contributed by atoms with Gasteiger partial charge in [0.15, 0.2) is 12.1 Å². The fraction of sp³-hybridized carbons (Fsp3) is 0.182. The van der Waals surface area contributed by atoms with Crippen LogP contribution in [-0.2, 0) is 11.5 Å². The highest BCUT2D eigenvalue weighted by Gasteiger charge is 2.58. The van der Waals surface area contributed by atoms with Crippen molar-refractivity contribution in [2.75, 3.05) is 13.6 Å². The van der Waals surface area contributed by atoms with Gasteiger partial charge < -0.3 is 9.84 Å². The summed E-state index contributed by atoms with van der Waals surface area (Å²) >= 11 is 0. The molecular formula is C22H16F4N5O2+. The lowest BCUT2D eigenvalue weighted by Gasteiger charge is -2.33. The number of hydrogen-bond donors (Lipinski definition) is 1. The van der Waals surface area contributed by atoms with Crippen molar-refractivity contribution >= 4 is 0 Å². The van der Waals surface area contributed by atoms with E-state index in [2.05, 4.69) is 20.1 Å². The Morgan fingerprint density at radius 3 is 2.36 bits per heavy atom. The quantitative estimate of drug-likeness (QED) is 0.317. The van der Waals surface area contributed by atoms with Gasteiger partial charge in [-0.2, -0.15) is 14.0 Å². The Bertz CT molecular complexity index is 1240. The first-order chi connectivity index (χ1) is 15.7. The first-order valence-corrected chi connectivity index (χ1v) is 9.37. The first kappa shape index (κ1) is 23.5. The number of benzene rings is 2. The van der Waals surface area contributed by atoms with Crippen LogP contribution in [0.4, 0.5) is 17.6 Å². The van der Waals surface area contributed by atoms with Crippen molar-refractivity contribution in [2.24, 2.45) is 10.2 Å². The number of ether oxygens (including phenoxy) is 1. The van der Waals surface area contributed by atoms with Crippen LogP contribution in [0.2, 0.25) is 0 Å². The van der Waals surface area contributed by atoms with Gasteiger partial charge in [0.1, 0.15) is 46.1 Å². The highest BCUT2D eigenvalue weighted by molar-refractivity contribution is 5.38. The Kier molecular flexibility index (Phi) is 6.82. The molecule has 0 amide bonds. The molecule has 1 aromatic heterocycles. The van der Waals surface area contributed by atoms with Gasteiger partial charge in [0.2, 0.25) is 4.91 Å². The van der Waals surface area contributed by atoms with Crippen molar-refractivity contribution in [3.8, 4) is 17.6 Å². The molecule has 0 fully saturated rings. The summed E-state index contributed by atoms with van der Waals surface area (Å²) in [7, 11) is 1.23. The highest BCUT2D eigenvalue weighted by Crippen LogP contribution is 2.46. The predicted molar refractivity (Wildman–Crippen MR) is 107 cm³/mol. The second kappa shape index (κ2) is 9.56. The molecule has 7 nitrogen and oxygen atoms in total. The van der Waals surface area contributed by atoms with E-state index in [0.29, 0.717) is 23.4 Å². The fourth-order valence-corrected chi connectivity index (χ4v) is 2.95. The zero-order valence-electron chi connectivity index (χ0n) is 17.1. The van der Waals surface area contributed by atoms with Crippen molar-refractivity contribution in [2.45, 2.75) is 11.5 Å². The SMILES string of the molecule is CN=[N+]=NCC(O)(c1ccc(F)cc1F)C(F)(F)c1ccc(Oc2ccc(C#N)cc2)cn1. The van der Waals surface area contributed by atoms with Crippen LogP contribution >= 0.6 is 0 Å². The van der Waals surface area contributed by atoms with Crippen LogP contribution < -0.4 is 9.65 Å². The molecule has 0 radical (unpaired) electrons. The van der Waals surface area contributed by atoms with Gasteiger partial charge in [0.05, 0.1) is 17.8 Å². The molecule has 0 aliphatic carbocycles. The second-order valence-electron chi connectivity index (χ2n) is 6.77. The molecule has 0 aliphatic heterocycles. The molecule has 33 heavy (non-hydrogen) atoms. The van der Waals surface area contributed by atoms with Crippen LogP contribution in [0, 0.1) is 23.0 Å². The van der Waals surface area contributed by atoms with E-state index in [1.165, 1.54) is 37.4 Å². The van der Waals surface area contributed by atoms with Gasteiger partial charge in [-0.1, -0.05) is 0 Å². The molecule has 0 saturated heterocycles. The molecule has 2 aromatic carbocycles. The molecular weight excluding hydrogens is 442 g/mol. The van der Waals surface area contributed by atoms with Gasteiger partial charge >= 0.3 is 5.92 Å². The summed E-state index contributed by atoms with van der Waals surface area (Å²) in [5, 5.41) is 26.4. The summed E-state index contributed by atoms with van der Waals surface area (Å²) in [5.74, 6) is -6.13. The number of aromatic nitrogens is 1. The number of alkyl halides is 2. The standard InChI is InChI=1S/C22H16F4N5O2/c1-28-31-30-13-21(32,18-8-4-15(23)10-19(18)24)22(25,26)20-9-7-17(12-29-20)33-16-5-2-14(11-27)3-6-16/h2-10,12,32H,13H2,1H3/q+1. The highest BCUT2D eigenvalue weighted by atomic mass is 19.3. The van der Waals surface area contributed by atoms with E-state index < -0.39 is 41.0 Å². The van der Waals surface area contributed by atoms with E-state index in [-0.39, 0.29) is 5.75 Å². The number of nitriles is 1. The van der Waals surface area contributed by atoms with Crippen molar-refractivity contribution in [1.82, 2.24) is 9.90 Å². The third-order valence-electron chi connectivity index (χ3n) is 4.63. The Balaban J connectivity index is 1.96. The minimum absolute atomic E-state index is 0.0974. The van der Waals surface area contributed by atoms with E-state index >= 15 is 8.78 Å². The summed E-state index contributed by atoms with van der Waals surface area (Å²) in [6, 6.07) is 11.9. The Labute approximate surface area is 185 Å². The van der Waals surface area contributed by atoms with Gasteiger partial charge in [0.25, 0.3) is 0 Å². The van der Waals surface area contributed by atoms with Gasteiger partial charge in [0, 0.05) is 11.6 Å². The number of halogens is 4. The third kappa shape index (κ3) is 4.87. The van der Waals surface area contributed by atoms with E-state index in [1.54, 1.807) is 0 Å². The number of pyridine rings is 1. The van der Waals surface area contributed by atoms with Gasteiger partial charge in [-0.3, -0.25) is 4.98 Å². The summed E-state index contributed by atoms with van der Waals surface area (Å²) in [5.41, 5.74) is -4.63. The van der Waals surface area contributed by atoms with E-state index in [1.807, 2.05) is 6.07 Å². The van der Waals surface area contributed by atoms with Crippen LogP contribution in [0.15, 0.2) is 71.0 Å². The topological polar surface area (TPSA) is 105 Å². The van der Waals surface area contributed by atoms with E-state index in [4.69, 9.17) is 10.00 Å². The number of hydrogen-bond acceptors (Lipinski definition) is 6. The van der Waals surface area contributed by atoms with Gasteiger partial charge in [-0.25, -0.2) is 8.78 Å². The molecule has 0 saturated carbocycles. The van der Waals surface area contributed by atoms with Crippen molar-refractivity contribution in [1.29, 1.82) is 5.26 Å². The average Bonchev–Trinajstić information content (AvgIpc) is 2.80. The normalized spacial score (nSPS) is 12.8. The molecule has 11 heteroatoms. The molecule has 1 unspecified atom stereocenters. The molecule has 1 N–H and O–H groups in total. The summed E-state index contributed by atoms with van der Waals surface area (Å²) < 4.78 is 64.1. The number of rotatable bonds is 7. The van der Waals surface area contributed by atoms with Crippen molar-refractivity contribution in [3.63, 3.8) is 0 Å². The van der Waals surface area contributed by atoms with Crippen LogP contribution in [0.25, 0.3) is 0 Å². The maximum Gasteiger partial charge on any atom is 0.324 e. The maximum atomic E-state index is 15.5. The zero-order chi connectivity index (χ0) is 24.1. The third-order valence-corrected chi connectivity index (χ3v) is 4.63. The summed E-state index contributed by atoms with van der Waals surface area (Å²) in [6.45, 7) is -1.08. The molecule has 168 valence electrons. The smallest absolute Gasteiger partial charge is 0.324 e. The maximum absolute atomic E-state index is 15.5. The monoisotopic (exact) mass is 458 g/mol. The minimum Gasteiger partial charge on any atom is -0.456 e. The molecule has 3 rings (SSSR count). The Hall–Kier alpha value is -4.13. The lowest BCUT2D eigenvalue weighted by atomic mass is 9.84. The van der Waals surface area contributed by atoms with Gasteiger partial charge in [-0.05, 0) is 48.5 Å². The zero-order valence-corrected chi connectivity index (χ0v) is 17.1.